The maximum atomic E-state index is 13.3. The lowest BCUT2D eigenvalue weighted by atomic mass is 10.0. The van der Waals surface area contributed by atoms with Gasteiger partial charge in [-0.25, -0.2) is 15.0 Å². The molecule has 174 valence electrons. The normalized spacial score (nSPS) is 14.6. The van der Waals surface area contributed by atoms with E-state index in [0.29, 0.717) is 11.6 Å². The minimum atomic E-state index is 0.0763. The van der Waals surface area contributed by atoms with Crippen molar-refractivity contribution in [3.8, 4) is 11.3 Å². The van der Waals surface area contributed by atoms with Gasteiger partial charge in [-0.3, -0.25) is 4.79 Å². The third kappa shape index (κ3) is 4.72. The second kappa shape index (κ2) is 10.2. The quantitative estimate of drug-likeness (QED) is 0.337. The van der Waals surface area contributed by atoms with E-state index in [1.807, 2.05) is 60.0 Å². The van der Waals surface area contributed by atoms with E-state index < -0.39 is 0 Å². The van der Waals surface area contributed by atoms with Crippen LogP contribution in [0.15, 0.2) is 67.3 Å². The largest absolute Gasteiger partial charge is 0.338 e. The molecule has 0 unspecified atom stereocenters. The summed E-state index contributed by atoms with van der Waals surface area (Å²) in [6, 6.07) is 16.4. The number of aromatic nitrogens is 4. The number of amides is 1. The van der Waals surface area contributed by atoms with E-state index in [1.54, 1.807) is 0 Å². The van der Waals surface area contributed by atoms with Gasteiger partial charge in [-0.2, -0.15) is 0 Å². The van der Waals surface area contributed by atoms with Gasteiger partial charge in [0.15, 0.2) is 0 Å². The lowest BCUT2D eigenvalue weighted by Gasteiger charge is -2.32. The summed E-state index contributed by atoms with van der Waals surface area (Å²) in [7, 11) is 0. The minimum absolute atomic E-state index is 0.0763. The van der Waals surface area contributed by atoms with E-state index in [1.165, 1.54) is 6.42 Å². The van der Waals surface area contributed by atoms with E-state index >= 15 is 0 Å². The van der Waals surface area contributed by atoms with Crippen LogP contribution in [0.3, 0.4) is 0 Å². The summed E-state index contributed by atoms with van der Waals surface area (Å²) < 4.78 is 2.15. The first-order valence-corrected chi connectivity index (χ1v) is 12.4. The Labute approximate surface area is 200 Å². The van der Waals surface area contributed by atoms with E-state index in [-0.39, 0.29) is 5.91 Å². The van der Waals surface area contributed by atoms with Crippen LogP contribution >= 0.6 is 0 Å². The molecule has 1 fully saturated rings. The zero-order valence-electron chi connectivity index (χ0n) is 19.7. The molecule has 4 aromatic rings. The molecule has 0 bridgehead atoms. The van der Waals surface area contributed by atoms with Crippen LogP contribution in [-0.2, 0) is 6.42 Å². The smallest absolute Gasteiger partial charge is 0.253 e. The summed E-state index contributed by atoms with van der Waals surface area (Å²) >= 11 is 0. The SMILES string of the molecule is CCCCCc1nc2cc(C(=O)N3CCC(n4ccnc4)CC3)ccc2nc1-c1ccccc1. The number of unbranched alkanes of at least 4 members (excludes halogenated alkanes) is 2. The molecule has 34 heavy (non-hydrogen) atoms. The average molecular weight is 454 g/mol. The Morgan fingerprint density at radius 1 is 1.00 bits per heavy atom. The van der Waals surface area contributed by atoms with E-state index in [2.05, 4.69) is 28.6 Å². The predicted molar refractivity (Wildman–Crippen MR) is 135 cm³/mol. The summed E-state index contributed by atoms with van der Waals surface area (Å²) in [6.07, 6.45) is 11.9. The standard InChI is InChI=1S/C28H31N5O/c1-2-3-5-10-25-27(21-8-6-4-7-9-21)31-24-12-11-22(19-26(24)30-25)28(34)32-16-13-23(14-17-32)33-18-15-29-20-33/h4,6-9,11-12,15,18-20,23H,2-3,5,10,13-14,16-17H2,1H3. The Bertz CT molecular complexity index is 1240. The molecule has 2 aromatic carbocycles. The molecule has 1 saturated heterocycles. The number of carbonyl (C=O) groups is 1. The van der Waals surface area contributed by atoms with Gasteiger partial charge in [0.25, 0.3) is 5.91 Å². The van der Waals surface area contributed by atoms with Crippen LogP contribution in [0, 0.1) is 0 Å². The van der Waals surface area contributed by atoms with E-state index in [0.717, 1.165) is 73.2 Å². The van der Waals surface area contributed by atoms with Crippen molar-refractivity contribution in [1.82, 2.24) is 24.4 Å². The monoisotopic (exact) mass is 453 g/mol. The van der Waals surface area contributed by atoms with Crippen molar-refractivity contribution >= 4 is 16.9 Å². The molecule has 5 rings (SSSR count). The first kappa shape index (κ1) is 22.3. The highest BCUT2D eigenvalue weighted by Crippen LogP contribution is 2.27. The minimum Gasteiger partial charge on any atom is -0.338 e. The summed E-state index contributed by atoms with van der Waals surface area (Å²) in [5.41, 5.74) is 5.36. The number of benzene rings is 2. The second-order valence-electron chi connectivity index (χ2n) is 9.08. The molecule has 3 heterocycles. The average Bonchev–Trinajstić information content (AvgIpc) is 3.43. The van der Waals surface area contributed by atoms with E-state index in [4.69, 9.17) is 9.97 Å². The summed E-state index contributed by atoms with van der Waals surface area (Å²) in [4.78, 5) is 29.4. The fourth-order valence-electron chi connectivity index (χ4n) is 4.80. The summed E-state index contributed by atoms with van der Waals surface area (Å²) in [6.45, 7) is 3.71. The Hall–Kier alpha value is -3.54. The molecule has 2 aromatic heterocycles. The van der Waals surface area contributed by atoms with Crippen LogP contribution in [0.25, 0.3) is 22.3 Å². The van der Waals surface area contributed by atoms with Gasteiger partial charge in [-0.15, -0.1) is 0 Å². The molecule has 1 aliphatic rings. The van der Waals surface area contributed by atoms with Gasteiger partial charge in [0.1, 0.15) is 0 Å². The number of carbonyl (C=O) groups excluding carboxylic acids is 1. The van der Waals surface area contributed by atoms with Gasteiger partial charge in [0.2, 0.25) is 0 Å². The Morgan fingerprint density at radius 3 is 2.56 bits per heavy atom. The number of hydrogen-bond acceptors (Lipinski definition) is 4. The maximum absolute atomic E-state index is 13.3. The number of hydrogen-bond donors (Lipinski definition) is 0. The Morgan fingerprint density at radius 2 is 1.82 bits per heavy atom. The first-order valence-electron chi connectivity index (χ1n) is 12.4. The summed E-state index contributed by atoms with van der Waals surface area (Å²) in [5, 5.41) is 0. The van der Waals surface area contributed by atoms with Crippen LogP contribution in [0.4, 0.5) is 0 Å². The lowest BCUT2D eigenvalue weighted by molar-refractivity contribution is 0.0694. The Kier molecular flexibility index (Phi) is 6.65. The third-order valence-corrected chi connectivity index (χ3v) is 6.75. The fraction of sp³-hybridized carbons (Fsp3) is 0.357. The molecular formula is C28H31N5O. The number of rotatable bonds is 7. The van der Waals surface area contributed by atoms with Gasteiger partial charge < -0.3 is 9.47 Å². The molecule has 1 amide bonds. The van der Waals surface area contributed by atoms with Crippen LogP contribution in [-0.4, -0.2) is 43.4 Å². The molecule has 6 heteroatoms. The third-order valence-electron chi connectivity index (χ3n) is 6.75. The van der Waals surface area contributed by atoms with Crippen LogP contribution < -0.4 is 0 Å². The molecular weight excluding hydrogens is 422 g/mol. The van der Waals surface area contributed by atoms with Crippen molar-refractivity contribution in [2.24, 2.45) is 0 Å². The van der Waals surface area contributed by atoms with Gasteiger partial charge in [0.05, 0.1) is 28.7 Å². The number of fused-ring (bicyclic) bond motifs is 1. The highest BCUT2D eigenvalue weighted by Gasteiger charge is 2.25. The van der Waals surface area contributed by atoms with Crippen molar-refractivity contribution in [2.75, 3.05) is 13.1 Å². The highest BCUT2D eigenvalue weighted by atomic mass is 16.2. The number of piperidine rings is 1. The molecule has 0 spiro atoms. The zero-order chi connectivity index (χ0) is 23.3. The van der Waals surface area contributed by atoms with E-state index in [9.17, 15) is 4.79 Å². The van der Waals surface area contributed by atoms with Crippen LogP contribution in [0.2, 0.25) is 0 Å². The van der Waals surface area contributed by atoms with Gasteiger partial charge >= 0.3 is 0 Å². The molecule has 0 radical (unpaired) electrons. The molecule has 0 N–H and O–H groups in total. The number of likely N-dealkylation sites (tertiary alicyclic amines) is 1. The van der Waals surface area contributed by atoms with Crippen molar-refractivity contribution in [3.63, 3.8) is 0 Å². The van der Waals surface area contributed by atoms with Crippen LogP contribution in [0.1, 0.15) is 61.1 Å². The predicted octanol–water partition coefficient (Wildman–Crippen LogP) is 5.70. The van der Waals surface area contributed by atoms with Crippen molar-refractivity contribution in [1.29, 1.82) is 0 Å². The lowest BCUT2D eigenvalue weighted by Crippen LogP contribution is -2.38. The number of aryl methyl sites for hydroxylation is 1. The number of nitrogens with zero attached hydrogens (tertiary/aromatic N) is 5. The fourth-order valence-corrected chi connectivity index (χ4v) is 4.80. The van der Waals surface area contributed by atoms with Gasteiger partial charge in [0, 0.05) is 42.7 Å². The van der Waals surface area contributed by atoms with Gasteiger partial charge in [-0.05, 0) is 43.9 Å². The van der Waals surface area contributed by atoms with Crippen molar-refractivity contribution in [3.05, 3.63) is 78.5 Å². The molecule has 6 nitrogen and oxygen atoms in total. The molecule has 0 saturated carbocycles. The topological polar surface area (TPSA) is 63.9 Å². The Balaban J connectivity index is 1.39. The molecule has 0 aliphatic carbocycles. The van der Waals surface area contributed by atoms with Crippen molar-refractivity contribution in [2.45, 2.75) is 51.5 Å². The molecule has 1 aliphatic heterocycles. The number of imidazole rings is 1. The molecule has 0 atom stereocenters. The summed E-state index contributed by atoms with van der Waals surface area (Å²) in [5.74, 6) is 0.0763. The van der Waals surface area contributed by atoms with Crippen molar-refractivity contribution < 1.29 is 4.79 Å². The van der Waals surface area contributed by atoms with Gasteiger partial charge in [-0.1, -0.05) is 50.1 Å². The highest BCUT2D eigenvalue weighted by molar-refractivity contribution is 5.97. The van der Waals surface area contributed by atoms with Crippen LogP contribution in [0.5, 0.6) is 0 Å². The first-order chi connectivity index (χ1) is 16.7. The second-order valence-corrected chi connectivity index (χ2v) is 9.08. The maximum Gasteiger partial charge on any atom is 0.253 e. The zero-order valence-corrected chi connectivity index (χ0v) is 19.7.